The molecule has 2 heterocycles. The van der Waals surface area contributed by atoms with Crippen LogP contribution < -0.4 is 5.32 Å². The van der Waals surface area contributed by atoms with E-state index in [1.54, 1.807) is 6.92 Å². The first kappa shape index (κ1) is 13.3. The number of fused-ring (bicyclic) bond motifs is 1. The first-order valence-corrected chi connectivity index (χ1v) is 6.82. The molecule has 2 aromatic heterocycles. The molecule has 1 amide bonds. The highest BCUT2D eigenvalue weighted by Gasteiger charge is 2.20. The lowest BCUT2D eigenvalue weighted by molar-refractivity contribution is -0.115. The van der Waals surface area contributed by atoms with E-state index in [0.717, 1.165) is 17.6 Å². The smallest absolute Gasteiger partial charge is 0.225 e. The zero-order valence-corrected chi connectivity index (χ0v) is 11.8. The van der Waals surface area contributed by atoms with Crippen molar-refractivity contribution in [3.8, 4) is 11.5 Å². The number of hydrogen-bond acceptors (Lipinski definition) is 5. The van der Waals surface area contributed by atoms with Crippen LogP contribution in [0.25, 0.3) is 22.6 Å². The fourth-order valence-electron chi connectivity index (χ4n) is 2.21. The summed E-state index contributed by atoms with van der Waals surface area (Å²) in [6.07, 6.45) is 0.358. The molecular weight excluding hydrogens is 270 g/mol. The second-order valence-corrected chi connectivity index (χ2v) is 4.53. The van der Waals surface area contributed by atoms with E-state index in [-0.39, 0.29) is 5.91 Å². The van der Waals surface area contributed by atoms with Gasteiger partial charge in [0.25, 0.3) is 0 Å². The quantitative estimate of drug-likeness (QED) is 0.795. The Morgan fingerprint density at radius 3 is 2.86 bits per heavy atom. The Labute approximate surface area is 120 Å². The number of aryl methyl sites for hydroxylation is 1. The summed E-state index contributed by atoms with van der Waals surface area (Å²) in [4.78, 5) is 16.1. The molecule has 0 aliphatic rings. The molecule has 1 aromatic carbocycles. The maximum absolute atomic E-state index is 11.5. The average molecular weight is 285 g/mol. The monoisotopic (exact) mass is 285 g/mol. The number of amides is 1. The number of para-hydroxylation sites is 2. The molecule has 7 nitrogen and oxygen atoms in total. The van der Waals surface area contributed by atoms with E-state index in [0.29, 0.717) is 23.8 Å². The van der Waals surface area contributed by atoms with E-state index in [4.69, 9.17) is 4.63 Å². The van der Waals surface area contributed by atoms with Gasteiger partial charge < -0.3 is 9.88 Å². The Morgan fingerprint density at radius 1 is 1.29 bits per heavy atom. The Hall–Kier alpha value is -2.70. The molecule has 0 spiro atoms. The Bertz CT molecular complexity index is 790. The Morgan fingerprint density at radius 2 is 2.10 bits per heavy atom. The number of aromatic nitrogens is 4. The standard InChI is InChI=1S/C14H15N5O2/c1-3-11(20)16-13-12(17-21-18-13)14-15-9-7-5-6-8-10(9)19(14)4-2/h5-8H,3-4H2,1-2H3,(H,16,18,20). The average Bonchev–Trinajstić information content (AvgIpc) is 3.10. The van der Waals surface area contributed by atoms with Crippen LogP contribution in [0.4, 0.5) is 5.82 Å². The number of nitrogens with zero attached hydrogens (tertiary/aromatic N) is 4. The molecule has 3 aromatic rings. The van der Waals surface area contributed by atoms with Gasteiger partial charge in [-0.25, -0.2) is 9.61 Å². The third-order valence-electron chi connectivity index (χ3n) is 3.25. The molecule has 21 heavy (non-hydrogen) atoms. The van der Waals surface area contributed by atoms with Crippen LogP contribution in [0.15, 0.2) is 28.9 Å². The summed E-state index contributed by atoms with van der Waals surface area (Å²) in [5.74, 6) is 0.782. The molecule has 0 saturated heterocycles. The van der Waals surface area contributed by atoms with Gasteiger partial charge in [-0.2, -0.15) is 0 Å². The van der Waals surface area contributed by atoms with Gasteiger partial charge >= 0.3 is 0 Å². The van der Waals surface area contributed by atoms with Crippen molar-refractivity contribution in [2.24, 2.45) is 0 Å². The van der Waals surface area contributed by atoms with E-state index in [2.05, 4.69) is 20.6 Å². The SMILES string of the molecule is CCC(=O)Nc1nonc1-c1nc2ccccc2n1CC. The van der Waals surface area contributed by atoms with Gasteiger partial charge in [0.2, 0.25) is 11.7 Å². The Kier molecular flexibility index (Phi) is 3.39. The van der Waals surface area contributed by atoms with Gasteiger partial charge in [0.05, 0.1) is 11.0 Å². The fraction of sp³-hybridized carbons (Fsp3) is 0.286. The fourth-order valence-corrected chi connectivity index (χ4v) is 2.21. The topological polar surface area (TPSA) is 85.8 Å². The van der Waals surface area contributed by atoms with Crippen molar-refractivity contribution in [2.45, 2.75) is 26.8 Å². The molecule has 7 heteroatoms. The summed E-state index contributed by atoms with van der Waals surface area (Å²) >= 11 is 0. The normalized spacial score (nSPS) is 11.0. The van der Waals surface area contributed by atoms with Crippen LogP contribution >= 0.6 is 0 Å². The number of carbonyl (C=O) groups excluding carboxylic acids is 1. The summed E-state index contributed by atoms with van der Waals surface area (Å²) in [6.45, 7) is 4.52. The molecule has 0 saturated carbocycles. The number of anilines is 1. The van der Waals surface area contributed by atoms with E-state index in [1.807, 2.05) is 35.8 Å². The molecule has 0 aliphatic heterocycles. The Balaban J connectivity index is 2.13. The van der Waals surface area contributed by atoms with Crippen molar-refractivity contribution >= 4 is 22.8 Å². The van der Waals surface area contributed by atoms with Crippen molar-refractivity contribution in [1.29, 1.82) is 0 Å². The third-order valence-corrected chi connectivity index (χ3v) is 3.25. The van der Waals surface area contributed by atoms with Gasteiger partial charge in [-0.05, 0) is 29.4 Å². The second-order valence-electron chi connectivity index (χ2n) is 4.53. The number of carbonyl (C=O) groups is 1. The second kappa shape index (κ2) is 5.35. The summed E-state index contributed by atoms with van der Waals surface area (Å²) < 4.78 is 6.78. The van der Waals surface area contributed by atoms with E-state index >= 15 is 0 Å². The zero-order chi connectivity index (χ0) is 14.8. The van der Waals surface area contributed by atoms with E-state index in [9.17, 15) is 4.79 Å². The zero-order valence-electron chi connectivity index (χ0n) is 11.8. The number of benzene rings is 1. The van der Waals surface area contributed by atoms with Crippen LogP contribution in [0.5, 0.6) is 0 Å². The van der Waals surface area contributed by atoms with Gasteiger partial charge in [0.15, 0.2) is 11.5 Å². The first-order chi connectivity index (χ1) is 10.2. The number of rotatable bonds is 4. The van der Waals surface area contributed by atoms with Gasteiger partial charge in [0.1, 0.15) is 0 Å². The minimum Gasteiger partial charge on any atom is -0.323 e. The minimum atomic E-state index is -0.147. The maximum atomic E-state index is 11.5. The number of hydrogen-bond donors (Lipinski definition) is 1. The number of imidazole rings is 1. The summed E-state index contributed by atoms with van der Waals surface area (Å²) in [5.41, 5.74) is 2.31. The molecule has 0 atom stereocenters. The minimum absolute atomic E-state index is 0.147. The molecule has 0 bridgehead atoms. The predicted molar refractivity (Wildman–Crippen MR) is 77.6 cm³/mol. The molecule has 0 radical (unpaired) electrons. The van der Waals surface area contributed by atoms with Crippen LogP contribution in [0.3, 0.4) is 0 Å². The molecular formula is C14H15N5O2. The highest BCUT2D eigenvalue weighted by atomic mass is 16.6. The molecule has 0 unspecified atom stereocenters. The predicted octanol–water partition coefficient (Wildman–Crippen LogP) is 2.45. The maximum Gasteiger partial charge on any atom is 0.225 e. The molecule has 1 N–H and O–H groups in total. The van der Waals surface area contributed by atoms with Crippen LogP contribution in [-0.2, 0) is 11.3 Å². The van der Waals surface area contributed by atoms with Crippen molar-refractivity contribution in [2.75, 3.05) is 5.32 Å². The first-order valence-electron chi connectivity index (χ1n) is 6.82. The molecule has 0 aliphatic carbocycles. The van der Waals surface area contributed by atoms with Crippen LogP contribution in [0, 0.1) is 0 Å². The lowest BCUT2D eigenvalue weighted by atomic mass is 10.3. The van der Waals surface area contributed by atoms with Crippen LogP contribution in [0.2, 0.25) is 0 Å². The van der Waals surface area contributed by atoms with Crippen molar-refractivity contribution in [1.82, 2.24) is 19.9 Å². The van der Waals surface area contributed by atoms with Crippen molar-refractivity contribution < 1.29 is 9.42 Å². The van der Waals surface area contributed by atoms with Crippen LogP contribution in [-0.4, -0.2) is 25.8 Å². The summed E-state index contributed by atoms with van der Waals surface area (Å²) in [6, 6.07) is 7.82. The van der Waals surface area contributed by atoms with Crippen molar-refractivity contribution in [3.05, 3.63) is 24.3 Å². The lowest BCUT2D eigenvalue weighted by Crippen LogP contribution is -2.11. The highest BCUT2D eigenvalue weighted by Crippen LogP contribution is 2.27. The van der Waals surface area contributed by atoms with E-state index in [1.165, 1.54) is 0 Å². The van der Waals surface area contributed by atoms with Gasteiger partial charge in [-0.3, -0.25) is 4.79 Å². The van der Waals surface area contributed by atoms with Crippen molar-refractivity contribution in [3.63, 3.8) is 0 Å². The lowest BCUT2D eigenvalue weighted by Gasteiger charge is -2.04. The summed E-state index contributed by atoms with van der Waals surface area (Å²) in [5, 5.41) is 10.3. The molecule has 0 fully saturated rings. The highest BCUT2D eigenvalue weighted by molar-refractivity contribution is 5.93. The number of nitrogens with one attached hydrogen (secondary N) is 1. The molecule has 3 rings (SSSR count). The van der Waals surface area contributed by atoms with Gasteiger partial charge in [-0.15, -0.1) is 0 Å². The van der Waals surface area contributed by atoms with Gasteiger partial charge in [0, 0.05) is 13.0 Å². The molecule has 108 valence electrons. The van der Waals surface area contributed by atoms with Gasteiger partial charge in [-0.1, -0.05) is 19.1 Å². The third kappa shape index (κ3) is 2.26. The van der Waals surface area contributed by atoms with Crippen LogP contribution in [0.1, 0.15) is 20.3 Å². The largest absolute Gasteiger partial charge is 0.323 e. The van der Waals surface area contributed by atoms with E-state index < -0.39 is 0 Å². The summed E-state index contributed by atoms with van der Waals surface area (Å²) in [7, 11) is 0.